The Labute approximate surface area is 68.0 Å². The van der Waals surface area contributed by atoms with Gasteiger partial charge >= 0.3 is 0 Å². The molecule has 2 atom stereocenters. The van der Waals surface area contributed by atoms with Gasteiger partial charge in [-0.1, -0.05) is 27.2 Å². The van der Waals surface area contributed by atoms with Crippen molar-refractivity contribution in [2.24, 2.45) is 11.8 Å². The lowest BCUT2D eigenvalue weighted by Crippen LogP contribution is -2.13. The van der Waals surface area contributed by atoms with Gasteiger partial charge in [0, 0.05) is 5.92 Å². The molecule has 0 rings (SSSR count). The second kappa shape index (κ2) is 5.50. The summed E-state index contributed by atoms with van der Waals surface area (Å²) in [5.74, 6) is 0.0545. The van der Waals surface area contributed by atoms with E-state index < -0.39 is 6.43 Å². The largest absolute Gasteiger partial charge is 0.241 e. The Kier molecular flexibility index (Phi) is 5.43. The van der Waals surface area contributed by atoms with Crippen molar-refractivity contribution in [3.8, 4) is 0 Å². The maximum Gasteiger partial charge on any atom is 0.241 e. The summed E-state index contributed by atoms with van der Waals surface area (Å²) < 4.78 is 24.4. The molecule has 68 valence electrons. The minimum absolute atomic E-state index is 0.384. The van der Waals surface area contributed by atoms with E-state index in [9.17, 15) is 8.78 Å². The van der Waals surface area contributed by atoms with E-state index in [1.54, 1.807) is 0 Å². The average Bonchev–Trinajstić information content (AvgIpc) is 1.99. The third kappa shape index (κ3) is 4.33. The summed E-state index contributed by atoms with van der Waals surface area (Å²) in [6.07, 6.45) is 0.143. The maximum absolute atomic E-state index is 12.2. The average molecular weight is 164 g/mol. The van der Waals surface area contributed by atoms with Gasteiger partial charge in [0.05, 0.1) is 0 Å². The fourth-order valence-electron chi connectivity index (χ4n) is 1.13. The van der Waals surface area contributed by atoms with E-state index >= 15 is 0 Å². The lowest BCUT2D eigenvalue weighted by atomic mass is 9.92. The highest BCUT2D eigenvalue weighted by Crippen LogP contribution is 2.23. The zero-order valence-electron chi connectivity index (χ0n) is 7.61. The monoisotopic (exact) mass is 164 g/mol. The van der Waals surface area contributed by atoms with Crippen LogP contribution in [0, 0.1) is 11.8 Å². The second-order valence-corrected chi connectivity index (χ2v) is 3.25. The van der Waals surface area contributed by atoms with Crippen LogP contribution in [0.5, 0.6) is 0 Å². The molecule has 0 aliphatic heterocycles. The number of alkyl halides is 2. The highest BCUT2D eigenvalue weighted by Gasteiger charge is 2.19. The molecular formula is C9H18F2. The summed E-state index contributed by atoms with van der Waals surface area (Å²) in [7, 11) is 0. The maximum atomic E-state index is 12.2. The number of hydrogen-bond acceptors (Lipinski definition) is 0. The Hall–Kier alpha value is -0.140. The summed E-state index contributed by atoms with van der Waals surface area (Å²) in [6, 6.07) is 0. The predicted octanol–water partition coefficient (Wildman–Crippen LogP) is 3.71. The molecular weight excluding hydrogens is 146 g/mol. The van der Waals surface area contributed by atoms with E-state index in [0.29, 0.717) is 18.8 Å². The van der Waals surface area contributed by atoms with Gasteiger partial charge in [0.15, 0.2) is 0 Å². The zero-order chi connectivity index (χ0) is 8.85. The minimum atomic E-state index is -2.13. The van der Waals surface area contributed by atoms with Gasteiger partial charge in [-0.15, -0.1) is 0 Å². The summed E-state index contributed by atoms with van der Waals surface area (Å²) in [5.41, 5.74) is 0. The molecule has 2 heteroatoms. The van der Waals surface area contributed by atoms with Crippen LogP contribution in [0.3, 0.4) is 0 Å². The molecule has 0 heterocycles. The van der Waals surface area contributed by atoms with Gasteiger partial charge in [-0.05, 0) is 18.8 Å². The number of rotatable bonds is 5. The van der Waals surface area contributed by atoms with E-state index in [0.717, 1.165) is 6.42 Å². The van der Waals surface area contributed by atoms with Crippen LogP contribution in [0.15, 0.2) is 0 Å². The molecule has 0 aliphatic rings. The molecule has 2 unspecified atom stereocenters. The smallest absolute Gasteiger partial charge is 0.210 e. The third-order valence-electron chi connectivity index (χ3n) is 2.28. The van der Waals surface area contributed by atoms with Crippen LogP contribution < -0.4 is 0 Å². The van der Waals surface area contributed by atoms with Crippen LogP contribution in [-0.2, 0) is 0 Å². The van der Waals surface area contributed by atoms with Crippen LogP contribution in [0.2, 0.25) is 0 Å². The van der Waals surface area contributed by atoms with Gasteiger partial charge < -0.3 is 0 Å². The van der Waals surface area contributed by atoms with Gasteiger partial charge in [0.1, 0.15) is 0 Å². The molecule has 0 fully saturated rings. The Morgan fingerprint density at radius 1 is 1.09 bits per heavy atom. The van der Waals surface area contributed by atoms with E-state index in [-0.39, 0.29) is 5.92 Å². The Morgan fingerprint density at radius 2 is 1.64 bits per heavy atom. The third-order valence-corrected chi connectivity index (χ3v) is 2.28. The van der Waals surface area contributed by atoms with Crippen LogP contribution >= 0.6 is 0 Å². The molecule has 0 saturated carbocycles. The fraction of sp³-hybridized carbons (Fsp3) is 1.00. The molecule has 0 radical (unpaired) electrons. The Morgan fingerprint density at radius 3 is 1.91 bits per heavy atom. The molecule has 0 aromatic heterocycles. The van der Waals surface area contributed by atoms with Gasteiger partial charge in [0.25, 0.3) is 0 Å². The lowest BCUT2D eigenvalue weighted by Gasteiger charge is -2.17. The van der Waals surface area contributed by atoms with Crippen molar-refractivity contribution < 1.29 is 8.78 Å². The van der Waals surface area contributed by atoms with Crippen molar-refractivity contribution in [1.82, 2.24) is 0 Å². The first-order chi connectivity index (χ1) is 5.11. The Balaban J connectivity index is 3.68. The second-order valence-electron chi connectivity index (χ2n) is 3.25. The SMILES string of the molecule is CCC(C)CC(CC)C(F)F. The first kappa shape index (κ1) is 10.9. The predicted molar refractivity (Wildman–Crippen MR) is 43.9 cm³/mol. The first-order valence-electron chi connectivity index (χ1n) is 4.39. The van der Waals surface area contributed by atoms with Crippen molar-refractivity contribution in [1.29, 1.82) is 0 Å². The molecule has 0 bridgehead atoms. The summed E-state index contributed by atoms with van der Waals surface area (Å²) in [4.78, 5) is 0. The van der Waals surface area contributed by atoms with E-state index in [1.165, 1.54) is 0 Å². The molecule has 0 aliphatic carbocycles. The molecule has 0 saturated heterocycles. The highest BCUT2D eigenvalue weighted by atomic mass is 19.3. The molecule has 0 spiro atoms. The Bertz CT molecular complexity index is 91.6. The molecule has 0 aromatic rings. The number of halogens is 2. The standard InChI is InChI=1S/C9H18F2/c1-4-7(3)6-8(5-2)9(10)11/h7-9H,4-6H2,1-3H3. The zero-order valence-corrected chi connectivity index (χ0v) is 7.61. The fourth-order valence-corrected chi connectivity index (χ4v) is 1.13. The van der Waals surface area contributed by atoms with Crippen LogP contribution in [0.25, 0.3) is 0 Å². The van der Waals surface area contributed by atoms with Crippen molar-refractivity contribution in [2.45, 2.75) is 46.5 Å². The molecule has 0 amide bonds. The van der Waals surface area contributed by atoms with E-state index in [4.69, 9.17) is 0 Å². The van der Waals surface area contributed by atoms with Crippen LogP contribution in [-0.4, -0.2) is 6.43 Å². The minimum Gasteiger partial charge on any atom is -0.210 e. The topological polar surface area (TPSA) is 0 Å². The van der Waals surface area contributed by atoms with Crippen molar-refractivity contribution in [3.63, 3.8) is 0 Å². The van der Waals surface area contributed by atoms with Crippen LogP contribution in [0.4, 0.5) is 8.78 Å². The van der Waals surface area contributed by atoms with Gasteiger partial charge in [-0.2, -0.15) is 0 Å². The lowest BCUT2D eigenvalue weighted by molar-refractivity contribution is 0.0616. The molecule has 0 aromatic carbocycles. The van der Waals surface area contributed by atoms with E-state index in [2.05, 4.69) is 0 Å². The van der Waals surface area contributed by atoms with Gasteiger partial charge in [-0.3, -0.25) is 0 Å². The van der Waals surface area contributed by atoms with Gasteiger partial charge in [-0.25, -0.2) is 8.78 Å². The molecule has 0 N–H and O–H groups in total. The van der Waals surface area contributed by atoms with E-state index in [1.807, 2.05) is 20.8 Å². The molecule has 11 heavy (non-hydrogen) atoms. The number of hydrogen-bond donors (Lipinski definition) is 0. The van der Waals surface area contributed by atoms with Crippen molar-refractivity contribution in [3.05, 3.63) is 0 Å². The summed E-state index contributed by atoms with van der Waals surface area (Å²) in [5, 5.41) is 0. The normalized spacial score (nSPS) is 16.9. The first-order valence-corrected chi connectivity index (χ1v) is 4.39. The van der Waals surface area contributed by atoms with Crippen LogP contribution in [0.1, 0.15) is 40.0 Å². The highest BCUT2D eigenvalue weighted by molar-refractivity contribution is 4.63. The quantitative estimate of drug-likeness (QED) is 0.581. The summed E-state index contributed by atoms with van der Waals surface area (Å²) in [6.45, 7) is 5.91. The van der Waals surface area contributed by atoms with Crippen molar-refractivity contribution >= 4 is 0 Å². The van der Waals surface area contributed by atoms with Crippen molar-refractivity contribution in [2.75, 3.05) is 0 Å². The molecule has 0 nitrogen and oxygen atoms in total. The van der Waals surface area contributed by atoms with Gasteiger partial charge in [0.2, 0.25) is 6.43 Å². The summed E-state index contributed by atoms with van der Waals surface area (Å²) >= 11 is 0.